The van der Waals surface area contributed by atoms with E-state index in [0.29, 0.717) is 23.2 Å². The number of aromatic nitrogens is 1. The predicted molar refractivity (Wildman–Crippen MR) is 142 cm³/mol. The van der Waals surface area contributed by atoms with Gasteiger partial charge in [0, 0.05) is 33.8 Å². The van der Waals surface area contributed by atoms with E-state index in [9.17, 15) is 14.4 Å². The van der Waals surface area contributed by atoms with Crippen LogP contribution in [0.15, 0.2) is 93.2 Å². The number of nitrogens with one attached hydrogen (secondary N) is 1. The molecule has 0 saturated heterocycles. The number of amides is 1. The number of H-pyrrole nitrogens is 1. The van der Waals surface area contributed by atoms with Gasteiger partial charge in [-0.15, -0.1) is 0 Å². The Morgan fingerprint density at radius 3 is 2.36 bits per heavy atom. The molecule has 180 valence electrons. The highest BCUT2D eigenvalue weighted by molar-refractivity contribution is 9.10. The number of aromatic amines is 1. The summed E-state index contributed by atoms with van der Waals surface area (Å²) in [6.45, 7) is 0. The van der Waals surface area contributed by atoms with Gasteiger partial charge in [0.25, 0.3) is 5.56 Å². The van der Waals surface area contributed by atoms with Crippen LogP contribution >= 0.6 is 15.9 Å². The maximum atomic E-state index is 13.5. The van der Waals surface area contributed by atoms with Crippen molar-refractivity contribution in [1.29, 1.82) is 0 Å². The molecule has 3 aromatic carbocycles. The Balaban J connectivity index is 1.70. The second-order valence-electron chi connectivity index (χ2n) is 8.57. The average Bonchev–Trinajstić information content (AvgIpc) is 3.33. The highest BCUT2D eigenvalue weighted by atomic mass is 79.9. The highest BCUT2D eigenvalue weighted by Gasteiger charge is 2.35. The molecule has 1 aromatic heterocycles. The third-order valence-corrected chi connectivity index (χ3v) is 6.72. The molecule has 0 fully saturated rings. The fourth-order valence-electron chi connectivity index (χ4n) is 4.60. The molecule has 4 aromatic rings. The first kappa shape index (κ1) is 23.7. The van der Waals surface area contributed by atoms with E-state index in [-0.39, 0.29) is 18.4 Å². The monoisotopic (exact) mass is 543 g/mol. The number of pyridine rings is 1. The number of rotatable bonds is 6. The summed E-state index contributed by atoms with van der Waals surface area (Å²) in [7, 11) is 0. The quantitative estimate of drug-likeness (QED) is 0.335. The van der Waals surface area contributed by atoms with E-state index in [4.69, 9.17) is 5.11 Å². The lowest BCUT2D eigenvalue weighted by atomic mass is 9.91. The number of carbonyl (C=O) groups excluding carboxylic acids is 1. The Hall–Kier alpha value is -4.04. The van der Waals surface area contributed by atoms with Crippen LogP contribution in [0.3, 0.4) is 0 Å². The second-order valence-corrected chi connectivity index (χ2v) is 9.49. The topological polar surface area (TPSA) is 103 Å². The number of carboxylic acid groups (broad SMARTS) is 1. The molecule has 7 nitrogen and oxygen atoms in total. The van der Waals surface area contributed by atoms with Gasteiger partial charge in [-0.05, 0) is 29.3 Å². The maximum Gasteiger partial charge on any atom is 0.303 e. The van der Waals surface area contributed by atoms with Crippen LogP contribution in [-0.2, 0) is 9.59 Å². The first-order valence-corrected chi connectivity index (χ1v) is 12.3. The molecular formula is C28H22BrN3O4. The van der Waals surface area contributed by atoms with E-state index in [0.717, 1.165) is 26.5 Å². The van der Waals surface area contributed by atoms with Crippen LogP contribution in [0.2, 0.25) is 0 Å². The van der Waals surface area contributed by atoms with Gasteiger partial charge < -0.3 is 10.1 Å². The zero-order valence-corrected chi connectivity index (χ0v) is 20.7. The molecular weight excluding hydrogens is 522 g/mol. The summed E-state index contributed by atoms with van der Waals surface area (Å²) < 4.78 is 0.867. The van der Waals surface area contributed by atoms with Crippen molar-refractivity contribution < 1.29 is 14.7 Å². The molecule has 8 heteroatoms. The third kappa shape index (κ3) is 4.59. The van der Waals surface area contributed by atoms with Crippen LogP contribution in [0.1, 0.15) is 36.4 Å². The molecule has 2 N–H and O–H groups in total. The number of carboxylic acids is 1. The lowest BCUT2D eigenvalue weighted by Gasteiger charge is -2.21. The maximum absolute atomic E-state index is 13.5. The summed E-state index contributed by atoms with van der Waals surface area (Å²) in [5, 5.41) is 15.9. The van der Waals surface area contributed by atoms with Crippen LogP contribution in [0, 0.1) is 0 Å². The molecule has 1 unspecified atom stereocenters. The van der Waals surface area contributed by atoms with Gasteiger partial charge >= 0.3 is 5.97 Å². The van der Waals surface area contributed by atoms with Crippen LogP contribution < -0.4 is 5.56 Å². The molecule has 1 atom stereocenters. The fourth-order valence-corrected chi connectivity index (χ4v) is 4.96. The number of hydrazone groups is 1. The number of hydrogen-bond acceptors (Lipinski definition) is 4. The predicted octanol–water partition coefficient (Wildman–Crippen LogP) is 5.50. The van der Waals surface area contributed by atoms with Crippen molar-refractivity contribution in [2.45, 2.75) is 25.3 Å². The molecule has 36 heavy (non-hydrogen) atoms. The van der Waals surface area contributed by atoms with Crippen molar-refractivity contribution in [3.63, 3.8) is 0 Å². The zero-order chi connectivity index (χ0) is 25.2. The summed E-state index contributed by atoms with van der Waals surface area (Å²) in [4.78, 5) is 40.6. The van der Waals surface area contributed by atoms with Gasteiger partial charge in [-0.2, -0.15) is 5.10 Å². The lowest BCUT2D eigenvalue weighted by Crippen LogP contribution is -2.27. The van der Waals surface area contributed by atoms with Crippen molar-refractivity contribution >= 4 is 44.4 Å². The van der Waals surface area contributed by atoms with Crippen LogP contribution in [0.4, 0.5) is 0 Å². The van der Waals surface area contributed by atoms with Gasteiger partial charge in [0.1, 0.15) is 0 Å². The second kappa shape index (κ2) is 9.91. The number of hydrogen-bond donors (Lipinski definition) is 2. The van der Waals surface area contributed by atoms with Crippen molar-refractivity contribution in [3.05, 3.63) is 105 Å². The van der Waals surface area contributed by atoms with Crippen LogP contribution in [0.25, 0.3) is 22.0 Å². The van der Waals surface area contributed by atoms with E-state index in [1.165, 1.54) is 5.01 Å². The minimum absolute atomic E-state index is 0.179. The van der Waals surface area contributed by atoms with Gasteiger partial charge in [-0.25, -0.2) is 5.01 Å². The number of nitrogens with zero attached hydrogens (tertiary/aromatic N) is 2. The van der Waals surface area contributed by atoms with E-state index in [1.54, 1.807) is 0 Å². The number of fused-ring (bicyclic) bond motifs is 1. The molecule has 0 saturated carbocycles. The van der Waals surface area contributed by atoms with E-state index >= 15 is 0 Å². The van der Waals surface area contributed by atoms with Crippen LogP contribution in [-0.4, -0.2) is 32.7 Å². The standard InChI is InChI=1S/C28H22BrN3O4/c29-19-11-12-21-20(15-19)26(18-9-5-2-6-10-18)27(28(36)30-21)22-16-23(17-7-3-1-4-8-17)32(31-22)24(33)13-14-25(34)35/h1-12,15,23H,13-14,16H2,(H,30,36)(H,34,35). The number of carbonyl (C=O) groups is 2. The molecule has 0 radical (unpaired) electrons. The molecule has 2 heterocycles. The Bertz CT molecular complexity index is 1550. The minimum atomic E-state index is -1.05. The van der Waals surface area contributed by atoms with E-state index in [2.05, 4.69) is 26.0 Å². The Labute approximate surface area is 215 Å². The Morgan fingerprint density at radius 1 is 0.972 bits per heavy atom. The highest BCUT2D eigenvalue weighted by Crippen LogP contribution is 2.37. The zero-order valence-electron chi connectivity index (χ0n) is 19.1. The summed E-state index contributed by atoms with van der Waals surface area (Å²) in [5.41, 5.74) is 3.74. The van der Waals surface area contributed by atoms with E-state index < -0.39 is 17.9 Å². The Kier molecular flexibility index (Phi) is 6.52. The van der Waals surface area contributed by atoms with Gasteiger partial charge in [0.05, 0.1) is 23.7 Å². The van der Waals surface area contributed by atoms with Crippen molar-refractivity contribution in [2.75, 3.05) is 0 Å². The summed E-state index contributed by atoms with van der Waals surface area (Å²) in [5.74, 6) is -1.45. The van der Waals surface area contributed by atoms with Crippen molar-refractivity contribution in [3.8, 4) is 11.1 Å². The van der Waals surface area contributed by atoms with E-state index in [1.807, 2.05) is 78.9 Å². The van der Waals surface area contributed by atoms with Gasteiger partial charge in [0.2, 0.25) is 5.91 Å². The summed E-state index contributed by atoms with van der Waals surface area (Å²) in [6, 6.07) is 24.3. The fraction of sp³-hybridized carbons (Fsp3) is 0.143. The number of benzene rings is 3. The first-order valence-electron chi connectivity index (χ1n) is 11.5. The van der Waals surface area contributed by atoms with Gasteiger partial charge in [-0.3, -0.25) is 14.4 Å². The number of halogens is 1. The molecule has 1 aliphatic heterocycles. The Morgan fingerprint density at radius 2 is 1.67 bits per heavy atom. The number of aliphatic carboxylic acids is 1. The normalized spacial score (nSPS) is 15.2. The minimum Gasteiger partial charge on any atom is -0.481 e. The summed E-state index contributed by atoms with van der Waals surface area (Å²) in [6.07, 6.45) is -0.144. The third-order valence-electron chi connectivity index (χ3n) is 6.23. The lowest BCUT2D eigenvalue weighted by molar-refractivity contribution is -0.141. The molecule has 1 amide bonds. The molecule has 5 rings (SSSR count). The van der Waals surface area contributed by atoms with Gasteiger partial charge in [0.15, 0.2) is 0 Å². The molecule has 0 spiro atoms. The van der Waals surface area contributed by atoms with Crippen molar-refractivity contribution in [2.24, 2.45) is 5.10 Å². The van der Waals surface area contributed by atoms with Gasteiger partial charge in [-0.1, -0.05) is 76.6 Å². The molecule has 1 aliphatic rings. The first-order chi connectivity index (χ1) is 17.4. The molecule has 0 bridgehead atoms. The summed E-state index contributed by atoms with van der Waals surface area (Å²) >= 11 is 3.54. The van der Waals surface area contributed by atoms with Crippen LogP contribution in [0.5, 0.6) is 0 Å². The molecule has 0 aliphatic carbocycles. The smallest absolute Gasteiger partial charge is 0.303 e. The van der Waals surface area contributed by atoms with Crippen molar-refractivity contribution in [1.82, 2.24) is 9.99 Å². The average molecular weight is 544 g/mol. The largest absolute Gasteiger partial charge is 0.481 e. The SMILES string of the molecule is O=C(O)CCC(=O)N1N=C(c2c(-c3ccccc3)c3cc(Br)ccc3[nH]c2=O)CC1c1ccccc1.